The lowest BCUT2D eigenvalue weighted by Gasteiger charge is -2.22. The Balaban J connectivity index is 2.44. The second-order valence-corrected chi connectivity index (χ2v) is 7.06. The van der Waals surface area contributed by atoms with Crippen molar-refractivity contribution < 1.29 is 12.8 Å². The first-order valence-corrected chi connectivity index (χ1v) is 8.14. The Hall–Kier alpha value is -0.940. The van der Waals surface area contributed by atoms with Crippen LogP contribution in [0.4, 0.5) is 4.39 Å². The van der Waals surface area contributed by atoms with Gasteiger partial charge in [-0.15, -0.1) is 0 Å². The molecular formula is C14H20FNO2S. The summed E-state index contributed by atoms with van der Waals surface area (Å²) in [5, 5.41) is 0. The zero-order chi connectivity index (χ0) is 14.0. The molecule has 3 nitrogen and oxygen atoms in total. The van der Waals surface area contributed by atoms with E-state index >= 15 is 0 Å². The smallest absolute Gasteiger partial charge is 0.207 e. The lowest BCUT2D eigenvalue weighted by molar-refractivity contribution is 0.423. The molecule has 1 aliphatic rings. The highest BCUT2D eigenvalue weighted by atomic mass is 32.2. The molecule has 0 unspecified atom stereocenters. The van der Waals surface area contributed by atoms with Gasteiger partial charge in [0, 0.05) is 13.1 Å². The molecule has 0 saturated carbocycles. The lowest BCUT2D eigenvalue weighted by atomic mass is 10.1. The number of benzene rings is 1. The molecule has 0 N–H and O–H groups in total. The first-order valence-electron chi connectivity index (χ1n) is 6.70. The van der Waals surface area contributed by atoms with Gasteiger partial charge in [0.2, 0.25) is 10.0 Å². The normalized spacial score (nSPS) is 18.3. The lowest BCUT2D eigenvalue weighted by Crippen LogP contribution is -2.32. The van der Waals surface area contributed by atoms with Crippen molar-refractivity contribution in [3.8, 4) is 0 Å². The second-order valence-electron chi connectivity index (χ2n) is 5.19. The van der Waals surface area contributed by atoms with Gasteiger partial charge in [-0.1, -0.05) is 12.8 Å². The number of aryl methyl sites for hydroxylation is 2. The Bertz CT molecular complexity index is 538. The van der Waals surface area contributed by atoms with E-state index in [1.807, 2.05) is 0 Å². The van der Waals surface area contributed by atoms with E-state index in [9.17, 15) is 12.8 Å². The van der Waals surface area contributed by atoms with Crippen LogP contribution in [0.15, 0.2) is 17.0 Å². The van der Waals surface area contributed by atoms with Crippen molar-refractivity contribution in [2.75, 3.05) is 13.1 Å². The van der Waals surface area contributed by atoms with Crippen molar-refractivity contribution in [2.24, 2.45) is 0 Å². The molecule has 0 radical (unpaired) electrons. The van der Waals surface area contributed by atoms with E-state index in [0.29, 0.717) is 24.2 Å². The van der Waals surface area contributed by atoms with Gasteiger partial charge in [-0.2, -0.15) is 4.31 Å². The van der Waals surface area contributed by atoms with Crippen molar-refractivity contribution in [3.63, 3.8) is 0 Å². The van der Waals surface area contributed by atoms with Crippen LogP contribution in [-0.4, -0.2) is 25.8 Å². The zero-order valence-corrected chi connectivity index (χ0v) is 12.3. The van der Waals surface area contributed by atoms with Crippen LogP contribution in [0.25, 0.3) is 0 Å². The average Bonchev–Trinajstić information content (AvgIpc) is 2.55. The van der Waals surface area contributed by atoms with Gasteiger partial charge in [0.25, 0.3) is 0 Å². The highest BCUT2D eigenvalue weighted by molar-refractivity contribution is 7.89. The first-order chi connectivity index (χ1) is 8.93. The third kappa shape index (κ3) is 2.98. The summed E-state index contributed by atoms with van der Waals surface area (Å²) in [4.78, 5) is 0.274. The van der Waals surface area contributed by atoms with Crippen LogP contribution in [0, 0.1) is 19.7 Å². The molecule has 1 heterocycles. The molecular weight excluding hydrogens is 265 g/mol. The summed E-state index contributed by atoms with van der Waals surface area (Å²) in [5.41, 5.74) is 0.975. The van der Waals surface area contributed by atoms with Crippen LogP contribution in [-0.2, 0) is 10.0 Å². The van der Waals surface area contributed by atoms with Crippen LogP contribution in [0.2, 0.25) is 0 Å². The maximum atomic E-state index is 13.3. The minimum absolute atomic E-state index is 0.274. The molecule has 106 valence electrons. The molecule has 0 aliphatic carbocycles. The molecule has 0 aromatic heterocycles. The van der Waals surface area contributed by atoms with Gasteiger partial charge in [-0.3, -0.25) is 0 Å². The maximum Gasteiger partial charge on any atom is 0.243 e. The van der Waals surface area contributed by atoms with Gasteiger partial charge in [0.1, 0.15) is 5.82 Å². The monoisotopic (exact) mass is 285 g/mol. The number of rotatable bonds is 2. The van der Waals surface area contributed by atoms with Crippen LogP contribution < -0.4 is 0 Å². The summed E-state index contributed by atoms with van der Waals surface area (Å²) in [5.74, 6) is -0.384. The molecule has 1 aromatic rings. The molecule has 0 bridgehead atoms. The second kappa shape index (κ2) is 5.59. The highest BCUT2D eigenvalue weighted by Gasteiger charge is 2.28. The molecule has 2 rings (SSSR count). The van der Waals surface area contributed by atoms with Gasteiger partial charge in [0.15, 0.2) is 0 Å². The Labute approximate surface area is 114 Å². The fourth-order valence-corrected chi connectivity index (χ4v) is 4.64. The molecule has 1 aromatic carbocycles. The quantitative estimate of drug-likeness (QED) is 0.837. The predicted octanol–water partition coefficient (Wildman–Crippen LogP) is 3.01. The SMILES string of the molecule is Cc1cc(F)cc(C)c1S(=O)(=O)N1CCCCCC1. The number of nitrogens with zero attached hydrogens (tertiary/aromatic N) is 1. The van der Waals surface area contributed by atoms with Crippen LogP contribution >= 0.6 is 0 Å². The van der Waals surface area contributed by atoms with Crippen LogP contribution in [0.3, 0.4) is 0 Å². The number of hydrogen-bond acceptors (Lipinski definition) is 2. The minimum atomic E-state index is -3.50. The average molecular weight is 285 g/mol. The summed E-state index contributed by atoms with van der Waals surface area (Å²) in [6, 6.07) is 2.58. The van der Waals surface area contributed by atoms with Crippen molar-refractivity contribution in [1.29, 1.82) is 0 Å². The summed E-state index contributed by atoms with van der Waals surface area (Å²) in [6.45, 7) is 4.44. The van der Waals surface area contributed by atoms with E-state index in [0.717, 1.165) is 25.7 Å². The van der Waals surface area contributed by atoms with Gasteiger partial charge < -0.3 is 0 Å². The third-order valence-electron chi connectivity index (χ3n) is 3.59. The summed E-state index contributed by atoms with van der Waals surface area (Å²) >= 11 is 0. The molecule has 5 heteroatoms. The fourth-order valence-electron chi connectivity index (χ4n) is 2.72. The molecule has 1 fully saturated rings. The summed E-state index contributed by atoms with van der Waals surface area (Å²) in [6.07, 6.45) is 3.96. The summed E-state index contributed by atoms with van der Waals surface area (Å²) in [7, 11) is -3.50. The van der Waals surface area contributed by atoms with Gasteiger partial charge in [-0.05, 0) is 49.9 Å². The molecule has 19 heavy (non-hydrogen) atoms. The van der Waals surface area contributed by atoms with Crippen molar-refractivity contribution in [3.05, 3.63) is 29.1 Å². The van der Waals surface area contributed by atoms with E-state index in [-0.39, 0.29) is 10.7 Å². The Kier molecular flexibility index (Phi) is 4.26. The molecule has 1 aliphatic heterocycles. The van der Waals surface area contributed by atoms with Gasteiger partial charge >= 0.3 is 0 Å². The standard InChI is InChI=1S/C14H20FNO2S/c1-11-9-13(15)10-12(2)14(11)19(17,18)16-7-5-3-4-6-8-16/h9-10H,3-8H2,1-2H3. The topological polar surface area (TPSA) is 37.4 Å². The summed E-state index contributed by atoms with van der Waals surface area (Å²) < 4.78 is 40.2. The molecule has 0 spiro atoms. The number of halogens is 1. The number of sulfonamides is 1. The van der Waals surface area contributed by atoms with Crippen LogP contribution in [0.1, 0.15) is 36.8 Å². The third-order valence-corrected chi connectivity index (χ3v) is 5.79. The maximum absolute atomic E-state index is 13.3. The van der Waals surface area contributed by atoms with E-state index in [2.05, 4.69) is 0 Å². The minimum Gasteiger partial charge on any atom is -0.207 e. The zero-order valence-electron chi connectivity index (χ0n) is 11.4. The van der Waals surface area contributed by atoms with Crippen molar-refractivity contribution in [1.82, 2.24) is 4.31 Å². The van der Waals surface area contributed by atoms with Crippen LogP contribution in [0.5, 0.6) is 0 Å². The van der Waals surface area contributed by atoms with Crippen molar-refractivity contribution in [2.45, 2.75) is 44.4 Å². The number of hydrogen-bond donors (Lipinski definition) is 0. The van der Waals surface area contributed by atoms with Crippen molar-refractivity contribution >= 4 is 10.0 Å². The van der Waals surface area contributed by atoms with E-state index < -0.39 is 10.0 Å². The predicted molar refractivity (Wildman–Crippen MR) is 73.1 cm³/mol. The molecule has 0 atom stereocenters. The Morgan fingerprint density at radius 2 is 1.47 bits per heavy atom. The fraction of sp³-hybridized carbons (Fsp3) is 0.571. The highest BCUT2D eigenvalue weighted by Crippen LogP contribution is 2.26. The van der Waals surface area contributed by atoms with Gasteiger partial charge in [-0.25, -0.2) is 12.8 Å². The molecule has 1 saturated heterocycles. The van der Waals surface area contributed by atoms with E-state index in [1.165, 1.54) is 12.1 Å². The Morgan fingerprint density at radius 3 is 1.95 bits per heavy atom. The Morgan fingerprint density at radius 1 is 1.00 bits per heavy atom. The van der Waals surface area contributed by atoms with E-state index in [4.69, 9.17) is 0 Å². The first kappa shape index (κ1) is 14.5. The van der Waals surface area contributed by atoms with E-state index in [1.54, 1.807) is 18.2 Å². The molecule has 0 amide bonds. The largest absolute Gasteiger partial charge is 0.243 e. The van der Waals surface area contributed by atoms with Gasteiger partial charge in [0.05, 0.1) is 4.90 Å².